The Morgan fingerprint density at radius 2 is 2.08 bits per heavy atom. The van der Waals surface area contributed by atoms with Gasteiger partial charge < -0.3 is 16.0 Å². The van der Waals surface area contributed by atoms with Crippen molar-refractivity contribution in [2.24, 2.45) is 0 Å². The molecule has 3 N–H and O–H groups in total. The molecule has 4 nitrogen and oxygen atoms in total. The van der Waals surface area contributed by atoms with Gasteiger partial charge in [-0.15, -0.1) is 24.2 Å². The Morgan fingerprint density at radius 3 is 2.80 bits per heavy atom. The third-order valence-electron chi connectivity index (χ3n) is 4.78. The molecule has 1 amide bonds. The number of amides is 1. The van der Waals surface area contributed by atoms with Gasteiger partial charge in [0.05, 0.1) is 38.5 Å². The van der Waals surface area contributed by atoms with Crippen LogP contribution in [0.3, 0.4) is 0 Å². The van der Waals surface area contributed by atoms with Crippen molar-refractivity contribution in [3.8, 4) is 0 Å². The summed E-state index contributed by atoms with van der Waals surface area (Å²) >= 11 is 13.7. The molecular formula is C17H18Cl3N3OS. The molecule has 0 spiro atoms. The molecule has 1 aliphatic carbocycles. The lowest BCUT2D eigenvalue weighted by Gasteiger charge is -2.22. The lowest BCUT2D eigenvalue weighted by atomic mass is 10.1. The molecule has 1 aromatic carbocycles. The monoisotopic (exact) mass is 417 g/mol. The number of rotatable bonds is 3. The molecule has 3 aliphatic rings. The number of thioether (sulfide) groups is 1. The fourth-order valence-corrected chi connectivity index (χ4v) is 5.49. The van der Waals surface area contributed by atoms with Crippen LogP contribution in [0.25, 0.3) is 0 Å². The van der Waals surface area contributed by atoms with Crippen LogP contribution >= 0.6 is 47.4 Å². The van der Waals surface area contributed by atoms with Crippen LogP contribution in [0.1, 0.15) is 17.2 Å². The maximum atomic E-state index is 12.7. The molecule has 0 saturated heterocycles. The number of fused-ring (bicyclic) bond motifs is 2. The van der Waals surface area contributed by atoms with E-state index >= 15 is 0 Å². The fraction of sp³-hybridized carbons (Fsp3) is 0.353. The number of benzene rings is 1. The van der Waals surface area contributed by atoms with Gasteiger partial charge in [0, 0.05) is 0 Å². The zero-order valence-electron chi connectivity index (χ0n) is 13.4. The molecule has 2 aliphatic heterocycles. The average Bonchev–Trinajstić information content (AvgIpc) is 3.21. The van der Waals surface area contributed by atoms with Gasteiger partial charge >= 0.3 is 0 Å². The molecule has 8 heteroatoms. The summed E-state index contributed by atoms with van der Waals surface area (Å²) in [4.78, 5) is 12.7. The second kappa shape index (κ2) is 7.41. The highest BCUT2D eigenvalue weighted by Crippen LogP contribution is 2.45. The van der Waals surface area contributed by atoms with Crippen LogP contribution in [-0.2, 0) is 11.2 Å². The molecule has 25 heavy (non-hydrogen) atoms. The van der Waals surface area contributed by atoms with Gasteiger partial charge in [-0.05, 0) is 30.7 Å². The number of halogens is 3. The van der Waals surface area contributed by atoms with Crippen LogP contribution in [0, 0.1) is 0 Å². The highest BCUT2D eigenvalue weighted by molar-refractivity contribution is 8.05. The van der Waals surface area contributed by atoms with Gasteiger partial charge in [-0.25, -0.2) is 0 Å². The van der Waals surface area contributed by atoms with Crippen LogP contribution in [0.2, 0.25) is 0 Å². The first-order valence-corrected chi connectivity index (χ1v) is 9.48. The van der Waals surface area contributed by atoms with Crippen molar-refractivity contribution in [2.45, 2.75) is 29.8 Å². The molecule has 2 unspecified atom stereocenters. The van der Waals surface area contributed by atoms with Gasteiger partial charge in [0.25, 0.3) is 5.91 Å². The molecule has 4 atom stereocenters. The summed E-state index contributed by atoms with van der Waals surface area (Å²) in [6, 6.07) is 8.36. The van der Waals surface area contributed by atoms with E-state index < -0.39 is 0 Å². The minimum atomic E-state index is -0.0938. The molecule has 0 radical (unpaired) electrons. The number of hydrogen-bond donors (Lipinski definition) is 3. The minimum Gasteiger partial charge on any atom is -0.372 e. The smallest absolute Gasteiger partial charge is 0.267 e. The maximum absolute atomic E-state index is 12.7. The average molecular weight is 419 g/mol. The quantitative estimate of drug-likeness (QED) is 0.706. The van der Waals surface area contributed by atoms with E-state index in [0.29, 0.717) is 15.1 Å². The van der Waals surface area contributed by atoms with Crippen molar-refractivity contribution in [1.29, 1.82) is 0 Å². The van der Waals surface area contributed by atoms with Gasteiger partial charge in [-0.1, -0.05) is 47.5 Å². The van der Waals surface area contributed by atoms with Crippen LogP contribution in [0.4, 0.5) is 0 Å². The number of nitrogens with one attached hydrogen (secondary N) is 3. The van der Waals surface area contributed by atoms with Crippen LogP contribution in [0.15, 0.2) is 45.4 Å². The number of carbonyl (C=O) groups excluding carboxylic acids is 1. The summed E-state index contributed by atoms with van der Waals surface area (Å²) < 4.78 is 0.608. The maximum Gasteiger partial charge on any atom is 0.267 e. The Kier molecular flexibility index (Phi) is 5.61. The summed E-state index contributed by atoms with van der Waals surface area (Å²) in [5.74, 6) is -0.0938. The van der Waals surface area contributed by atoms with E-state index in [4.69, 9.17) is 23.2 Å². The second-order valence-corrected chi connectivity index (χ2v) is 8.35. The molecule has 0 bridgehead atoms. The predicted octanol–water partition coefficient (Wildman–Crippen LogP) is 3.03. The summed E-state index contributed by atoms with van der Waals surface area (Å²) in [5.41, 5.74) is 3.11. The van der Waals surface area contributed by atoms with Crippen LogP contribution < -0.4 is 16.0 Å². The third kappa shape index (κ3) is 3.28. The van der Waals surface area contributed by atoms with E-state index in [1.165, 1.54) is 22.9 Å². The summed E-state index contributed by atoms with van der Waals surface area (Å²) in [6.45, 7) is 0. The number of likely N-dealkylation sites (N-methyl/N-ethyl adjacent to an activating group) is 1. The number of carbonyl (C=O) groups is 1. The lowest BCUT2D eigenvalue weighted by Crippen LogP contribution is -2.44. The van der Waals surface area contributed by atoms with E-state index in [1.807, 2.05) is 25.3 Å². The minimum absolute atomic E-state index is 0. The van der Waals surface area contributed by atoms with Gasteiger partial charge in [-0.3, -0.25) is 4.79 Å². The van der Waals surface area contributed by atoms with Gasteiger partial charge in [0.1, 0.15) is 0 Å². The van der Waals surface area contributed by atoms with E-state index in [1.54, 1.807) is 0 Å². The molecule has 134 valence electrons. The Balaban J connectivity index is 0.00000182. The van der Waals surface area contributed by atoms with Crippen molar-refractivity contribution >= 4 is 53.3 Å². The van der Waals surface area contributed by atoms with Gasteiger partial charge in [-0.2, -0.15) is 0 Å². The molecule has 0 saturated carbocycles. The van der Waals surface area contributed by atoms with E-state index in [-0.39, 0.29) is 41.7 Å². The van der Waals surface area contributed by atoms with E-state index in [9.17, 15) is 4.79 Å². The molecule has 0 fully saturated rings. The largest absolute Gasteiger partial charge is 0.372 e. The first-order chi connectivity index (χ1) is 11.6. The zero-order valence-corrected chi connectivity index (χ0v) is 16.5. The Morgan fingerprint density at radius 1 is 1.32 bits per heavy atom. The van der Waals surface area contributed by atoms with Crippen molar-refractivity contribution in [2.75, 3.05) is 7.05 Å². The molecule has 1 aromatic rings. The first kappa shape index (κ1) is 18.9. The standard InChI is InChI=1S/C17H17Cl2N3OS.ClH/c1-20-14-9-5-3-2-4-8(9)6-10(14)22-17(23)11-7-12-15(21-11)13(18)16(19)24-12;/h2-5,7,10,12,14-15,20-21H,6H2,1H3,(H,22,23);1H/t10-,12?,14+,15?;/m1./s1. The molecular weight excluding hydrogens is 401 g/mol. The summed E-state index contributed by atoms with van der Waals surface area (Å²) in [7, 11) is 1.92. The second-order valence-electron chi connectivity index (χ2n) is 6.16. The molecule has 0 aromatic heterocycles. The van der Waals surface area contributed by atoms with E-state index in [2.05, 4.69) is 28.1 Å². The lowest BCUT2D eigenvalue weighted by molar-refractivity contribution is -0.118. The van der Waals surface area contributed by atoms with Crippen LogP contribution in [0.5, 0.6) is 0 Å². The van der Waals surface area contributed by atoms with Crippen molar-refractivity contribution in [3.05, 3.63) is 56.6 Å². The highest BCUT2D eigenvalue weighted by atomic mass is 35.5. The highest BCUT2D eigenvalue weighted by Gasteiger charge is 2.40. The molecule has 4 rings (SSSR count). The SMILES string of the molecule is CN[C@H]1c2ccccc2C[C@H]1NC(=O)C1=CC2SC(Cl)=C(Cl)C2N1.Cl. The van der Waals surface area contributed by atoms with E-state index in [0.717, 1.165) is 6.42 Å². The van der Waals surface area contributed by atoms with Crippen LogP contribution in [-0.4, -0.2) is 30.3 Å². The summed E-state index contributed by atoms with van der Waals surface area (Å²) in [5, 5.41) is 10.3. The Labute approximate surface area is 167 Å². The van der Waals surface area contributed by atoms with Crippen molar-refractivity contribution in [1.82, 2.24) is 16.0 Å². The topological polar surface area (TPSA) is 53.2 Å². The Hall–Kier alpha value is -0.850. The number of hydrogen-bond acceptors (Lipinski definition) is 4. The third-order valence-corrected chi connectivity index (χ3v) is 6.99. The predicted molar refractivity (Wildman–Crippen MR) is 106 cm³/mol. The summed E-state index contributed by atoms with van der Waals surface area (Å²) in [6.07, 6.45) is 2.74. The Bertz CT molecular complexity index is 767. The van der Waals surface area contributed by atoms with Crippen molar-refractivity contribution < 1.29 is 4.79 Å². The van der Waals surface area contributed by atoms with Crippen molar-refractivity contribution in [3.63, 3.8) is 0 Å². The fourth-order valence-electron chi connectivity index (χ4n) is 3.64. The first-order valence-electron chi connectivity index (χ1n) is 7.84. The van der Waals surface area contributed by atoms with Gasteiger partial charge in [0.2, 0.25) is 0 Å². The molecule has 2 heterocycles. The zero-order chi connectivity index (χ0) is 16.8. The normalized spacial score (nSPS) is 29.5. The van der Waals surface area contributed by atoms with Gasteiger partial charge in [0.15, 0.2) is 0 Å².